The van der Waals surface area contributed by atoms with E-state index in [4.69, 9.17) is 14.5 Å². The number of hydrogen-bond donors (Lipinski definition) is 1. The summed E-state index contributed by atoms with van der Waals surface area (Å²) in [6, 6.07) is 12.0. The first kappa shape index (κ1) is 23.8. The Balaban J connectivity index is 1.13. The summed E-state index contributed by atoms with van der Waals surface area (Å²) in [6.07, 6.45) is 3.70. The third-order valence-corrected chi connectivity index (χ3v) is 6.71. The van der Waals surface area contributed by atoms with Gasteiger partial charge in [-0.25, -0.2) is 9.97 Å². The van der Waals surface area contributed by atoms with Crippen molar-refractivity contribution >= 4 is 22.8 Å². The highest BCUT2D eigenvalue weighted by Crippen LogP contribution is 2.26. The molecule has 36 heavy (non-hydrogen) atoms. The fourth-order valence-electron chi connectivity index (χ4n) is 4.52. The van der Waals surface area contributed by atoms with Crippen molar-refractivity contribution in [2.45, 2.75) is 46.0 Å². The average Bonchev–Trinajstić information content (AvgIpc) is 3.38. The number of aryl methyl sites for hydroxylation is 1. The molecule has 3 aromatic heterocycles. The number of piperidine rings is 1. The Morgan fingerprint density at radius 2 is 1.97 bits per heavy atom. The second kappa shape index (κ2) is 10.4. The predicted molar refractivity (Wildman–Crippen MR) is 138 cm³/mol. The molecule has 0 saturated carbocycles. The van der Waals surface area contributed by atoms with Gasteiger partial charge in [0.25, 0.3) is 0 Å². The fraction of sp³-hybridized carbons (Fsp3) is 0.407. The Morgan fingerprint density at radius 1 is 1.14 bits per heavy atom. The number of rotatable bonds is 7. The van der Waals surface area contributed by atoms with E-state index < -0.39 is 0 Å². The molecule has 9 nitrogen and oxygen atoms in total. The van der Waals surface area contributed by atoms with Gasteiger partial charge in [0.1, 0.15) is 5.69 Å². The van der Waals surface area contributed by atoms with Crippen molar-refractivity contribution in [1.82, 2.24) is 30.4 Å². The van der Waals surface area contributed by atoms with E-state index in [0.29, 0.717) is 36.3 Å². The van der Waals surface area contributed by atoms with Crippen molar-refractivity contribution in [2.75, 3.05) is 24.5 Å². The van der Waals surface area contributed by atoms with Crippen LogP contribution in [-0.2, 0) is 11.2 Å². The summed E-state index contributed by atoms with van der Waals surface area (Å²) in [6.45, 7) is 8.39. The number of fused-ring (bicyclic) bond motifs is 1. The van der Waals surface area contributed by atoms with Gasteiger partial charge < -0.3 is 14.7 Å². The highest BCUT2D eigenvalue weighted by molar-refractivity contribution is 5.83. The molecule has 0 unspecified atom stereocenters. The number of nitrogens with zero attached hydrogens (tertiary/aromatic N) is 6. The standard InChI is InChI=1S/C27H31N7O2/c1-17(2)20-7-8-22-21(16-20)18(3)30-27(31-22)34-14-10-19(11-15-34)26(35)29-13-9-24-32-25(33-36-24)23-6-4-5-12-28-23/h4-8,12,16-17,19H,9-11,13-15H2,1-3H3,(H,29,35). The fourth-order valence-corrected chi connectivity index (χ4v) is 4.52. The lowest BCUT2D eigenvalue weighted by Gasteiger charge is -2.31. The van der Waals surface area contributed by atoms with Gasteiger partial charge in [0.05, 0.1) is 11.2 Å². The van der Waals surface area contributed by atoms with E-state index >= 15 is 0 Å². The summed E-state index contributed by atoms with van der Waals surface area (Å²) in [4.78, 5) is 33.1. The second-order valence-corrected chi connectivity index (χ2v) is 9.57. The van der Waals surface area contributed by atoms with E-state index in [1.807, 2.05) is 25.1 Å². The zero-order chi connectivity index (χ0) is 25.1. The zero-order valence-corrected chi connectivity index (χ0v) is 20.9. The maximum Gasteiger partial charge on any atom is 0.228 e. The van der Waals surface area contributed by atoms with Gasteiger partial charge in [-0.2, -0.15) is 4.98 Å². The molecule has 0 atom stereocenters. The third-order valence-electron chi connectivity index (χ3n) is 6.71. The molecule has 1 aromatic carbocycles. The molecule has 4 aromatic rings. The average molecular weight is 486 g/mol. The van der Waals surface area contributed by atoms with Crippen molar-refractivity contribution in [3.63, 3.8) is 0 Å². The van der Waals surface area contributed by atoms with Crippen LogP contribution in [0.25, 0.3) is 22.4 Å². The summed E-state index contributed by atoms with van der Waals surface area (Å²) >= 11 is 0. The van der Waals surface area contributed by atoms with Crippen LogP contribution < -0.4 is 10.2 Å². The van der Waals surface area contributed by atoms with Crippen molar-refractivity contribution in [1.29, 1.82) is 0 Å². The Kier molecular flexibility index (Phi) is 6.88. The first-order chi connectivity index (χ1) is 17.5. The van der Waals surface area contributed by atoms with E-state index in [0.717, 1.165) is 48.5 Å². The smallest absolute Gasteiger partial charge is 0.228 e. The maximum atomic E-state index is 12.7. The van der Waals surface area contributed by atoms with Gasteiger partial charge in [-0.3, -0.25) is 9.78 Å². The molecule has 1 N–H and O–H groups in total. The van der Waals surface area contributed by atoms with Crippen LogP contribution in [0.15, 0.2) is 47.1 Å². The number of nitrogens with one attached hydrogen (secondary N) is 1. The summed E-state index contributed by atoms with van der Waals surface area (Å²) < 4.78 is 5.29. The van der Waals surface area contributed by atoms with Crippen LogP contribution >= 0.6 is 0 Å². The van der Waals surface area contributed by atoms with E-state index in [-0.39, 0.29) is 11.8 Å². The SMILES string of the molecule is Cc1nc(N2CCC(C(=O)NCCc3nc(-c4ccccn4)no3)CC2)nc2ccc(C(C)C)cc12. The Hall–Kier alpha value is -3.88. The van der Waals surface area contributed by atoms with Gasteiger partial charge in [-0.05, 0) is 55.5 Å². The van der Waals surface area contributed by atoms with Crippen molar-refractivity contribution < 1.29 is 9.32 Å². The Labute approximate surface area is 210 Å². The topological polar surface area (TPSA) is 110 Å². The van der Waals surface area contributed by atoms with Gasteiger partial charge >= 0.3 is 0 Å². The van der Waals surface area contributed by atoms with E-state index in [1.165, 1.54) is 5.56 Å². The molecular weight excluding hydrogens is 454 g/mol. The molecule has 4 heterocycles. The molecule has 0 aliphatic carbocycles. The number of amides is 1. The van der Waals surface area contributed by atoms with Gasteiger partial charge in [0.2, 0.25) is 23.6 Å². The minimum absolute atomic E-state index is 0.0248. The molecule has 0 spiro atoms. The van der Waals surface area contributed by atoms with Gasteiger partial charge in [0, 0.05) is 43.6 Å². The number of pyridine rings is 1. The van der Waals surface area contributed by atoms with Crippen molar-refractivity contribution in [3.8, 4) is 11.5 Å². The molecule has 1 aliphatic heterocycles. The van der Waals surface area contributed by atoms with Gasteiger partial charge in [-0.1, -0.05) is 31.1 Å². The van der Waals surface area contributed by atoms with E-state index in [9.17, 15) is 4.79 Å². The van der Waals surface area contributed by atoms with E-state index in [2.05, 4.69) is 57.4 Å². The monoisotopic (exact) mass is 485 g/mol. The lowest BCUT2D eigenvalue weighted by molar-refractivity contribution is -0.125. The number of carbonyl (C=O) groups excluding carboxylic acids is 1. The molecule has 186 valence electrons. The number of anilines is 1. The van der Waals surface area contributed by atoms with Crippen LogP contribution in [0.1, 0.15) is 49.8 Å². The highest BCUT2D eigenvalue weighted by atomic mass is 16.5. The van der Waals surface area contributed by atoms with Gasteiger partial charge in [-0.15, -0.1) is 0 Å². The van der Waals surface area contributed by atoms with Crippen molar-refractivity contribution in [2.24, 2.45) is 5.92 Å². The highest BCUT2D eigenvalue weighted by Gasteiger charge is 2.26. The molecular formula is C27H31N7O2. The summed E-state index contributed by atoms with van der Waals surface area (Å²) in [7, 11) is 0. The van der Waals surface area contributed by atoms with Crippen LogP contribution in [0.5, 0.6) is 0 Å². The Bertz CT molecular complexity index is 1350. The number of benzene rings is 1. The molecule has 1 amide bonds. The van der Waals surface area contributed by atoms with Crippen LogP contribution in [0.4, 0.5) is 5.95 Å². The first-order valence-electron chi connectivity index (χ1n) is 12.5. The first-order valence-corrected chi connectivity index (χ1v) is 12.5. The molecule has 1 fully saturated rings. The summed E-state index contributed by atoms with van der Waals surface area (Å²) in [5.41, 5.74) is 3.91. The molecule has 9 heteroatoms. The lowest BCUT2D eigenvalue weighted by atomic mass is 9.96. The number of hydrogen-bond acceptors (Lipinski definition) is 8. The minimum atomic E-state index is -0.0248. The molecule has 0 radical (unpaired) electrons. The van der Waals surface area contributed by atoms with Crippen LogP contribution in [0, 0.1) is 12.8 Å². The van der Waals surface area contributed by atoms with Gasteiger partial charge in [0.15, 0.2) is 0 Å². The lowest BCUT2D eigenvalue weighted by Crippen LogP contribution is -2.41. The Morgan fingerprint density at radius 3 is 2.72 bits per heavy atom. The number of carbonyl (C=O) groups is 1. The third kappa shape index (κ3) is 5.19. The van der Waals surface area contributed by atoms with Crippen LogP contribution in [0.3, 0.4) is 0 Å². The zero-order valence-electron chi connectivity index (χ0n) is 20.9. The predicted octanol–water partition coefficient (Wildman–Crippen LogP) is 4.08. The largest absolute Gasteiger partial charge is 0.355 e. The second-order valence-electron chi connectivity index (χ2n) is 9.57. The minimum Gasteiger partial charge on any atom is -0.355 e. The number of aromatic nitrogens is 5. The summed E-state index contributed by atoms with van der Waals surface area (Å²) in [5.74, 6) is 2.19. The van der Waals surface area contributed by atoms with Crippen molar-refractivity contribution in [3.05, 3.63) is 59.7 Å². The molecule has 1 saturated heterocycles. The molecule has 5 rings (SSSR count). The molecule has 0 bridgehead atoms. The quantitative estimate of drug-likeness (QED) is 0.417. The maximum absolute atomic E-state index is 12.7. The summed E-state index contributed by atoms with van der Waals surface area (Å²) in [5, 5.41) is 8.09. The van der Waals surface area contributed by atoms with E-state index in [1.54, 1.807) is 6.20 Å². The van der Waals surface area contributed by atoms with Crippen LogP contribution in [-0.4, -0.2) is 50.6 Å². The molecule has 1 aliphatic rings. The normalized spacial score (nSPS) is 14.5. The van der Waals surface area contributed by atoms with Crippen LogP contribution in [0.2, 0.25) is 0 Å².